The van der Waals surface area contributed by atoms with E-state index < -0.39 is 0 Å². The number of hydrogen-bond donors (Lipinski definition) is 2. The first-order valence-corrected chi connectivity index (χ1v) is 9.96. The summed E-state index contributed by atoms with van der Waals surface area (Å²) in [5, 5.41) is 6.41. The number of nitrogens with one attached hydrogen (secondary N) is 2. The first-order chi connectivity index (χ1) is 13.4. The van der Waals surface area contributed by atoms with Crippen LogP contribution in [-0.2, 0) is 13.0 Å². The van der Waals surface area contributed by atoms with Crippen molar-refractivity contribution in [3.63, 3.8) is 0 Å². The van der Waals surface area contributed by atoms with Crippen molar-refractivity contribution in [3.05, 3.63) is 69.4 Å². The lowest BCUT2D eigenvalue weighted by Gasteiger charge is -2.13. The Morgan fingerprint density at radius 1 is 1.17 bits per heavy atom. The Morgan fingerprint density at radius 2 is 1.93 bits per heavy atom. The molecule has 2 aromatic rings. The normalized spacial score (nSPS) is 10.9. The van der Waals surface area contributed by atoms with Crippen molar-refractivity contribution in [3.8, 4) is 0 Å². The first kappa shape index (κ1) is 25.4. The van der Waals surface area contributed by atoms with Gasteiger partial charge in [-0.05, 0) is 43.2 Å². The number of aliphatic imine (C=N–C) groups is 1. The van der Waals surface area contributed by atoms with Crippen LogP contribution in [0.4, 0.5) is 4.39 Å². The molecule has 0 aromatic heterocycles. The fourth-order valence-electron chi connectivity index (χ4n) is 2.60. The van der Waals surface area contributed by atoms with Crippen LogP contribution in [0, 0.1) is 5.82 Å². The molecule has 5 nitrogen and oxygen atoms in total. The maximum absolute atomic E-state index is 13.9. The van der Waals surface area contributed by atoms with Crippen molar-refractivity contribution in [1.29, 1.82) is 0 Å². The number of amides is 1. The van der Waals surface area contributed by atoms with E-state index in [1.807, 2.05) is 31.2 Å². The zero-order valence-corrected chi connectivity index (χ0v) is 20.8. The minimum absolute atomic E-state index is 0. The number of carbonyl (C=O) groups excluding carboxylic acids is 1. The van der Waals surface area contributed by atoms with Gasteiger partial charge in [0.05, 0.1) is 6.54 Å². The lowest BCUT2D eigenvalue weighted by molar-refractivity contribution is 0.0827. The van der Waals surface area contributed by atoms with Gasteiger partial charge in [0.25, 0.3) is 5.91 Å². The molecule has 0 aliphatic carbocycles. The quantitative estimate of drug-likeness (QED) is 0.295. The topological polar surface area (TPSA) is 56.7 Å². The average Bonchev–Trinajstić information content (AvgIpc) is 2.66. The van der Waals surface area contributed by atoms with Gasteiger partial charge in [-0.2, -0.15) is 0 Å². The largest absolute Gasteiger partial charge is 0.357 e. The van der Waals surface area contributed by atoms with Gasteiger partial charge in [0, 0.05) is 42.8 Å². The Balaban J connectivity index is 0.00000420. The Kier molecular flexibility index (Phi) is 11.2. The van der Waals surface area contributed by atoms with Gasteiger partial charge in [0.15, 0.2) is 5.96 Å². The summed E-state index contributed by atoms with van der Waals surface area (Å²) >= 11 is 3.26. The van der Waals surface area contributed by atoms with E-state index in [1.165, 1.54) is 6.07 Å². The van der Waals surface area contributed by atoms with Crippen molar-refractivity contribution in [2.45, 2.75) is 19.9 Å². The Morgan fingerprint density at radius 3 is 2.59 bits per heavy atom. The second-order valence-electron chi connectivity index (χ2n) is 6.51. The van der Waals surface area contributed by atoms with E-state index in [-0.39, 0.29) is 42.2 Å². The molecule has 0 heterocycles. The summed E-state index contributed by atoms with van der Waals surface area (Å²) in [7, 11) is 3.48. The van der Waals surface area contributed by atoms with E-state index >= 15 is 0 Å². The van der Waals surface area contributed by atoms with Crippen LogP contribution in [0.5, 0.6) is 0 Å². The van der Waals surface area contributed by atoms with Crippen LogP contribution < -0.4 is 10.6 Å². The van der Waals surface area contributed by atoms with Crippen molar-refractivity contribution in [2.75, 3.05) is 27.2 Å². The first-order valence-electron chi connectivity index (χ1n) is 9.17. The van der Waals surface area contributed by atoms with Crippen LogP contribution in [0.15, 0.2) is 51.9 Å². The predicted molar refractivity (Wildman–Crippen MR) is 130 cm³/mol. The molecule has 2 rings (SSSR count). The zero-order valence-electron chi connectivity index (χ0n) is 16.8. The number of guanidine groups is 1. The van der Waals surface area contributed by atoms with E-state index in [4.69, 9.17) is 0 Å². The van der Waals surface area contributed by atoms with E-state index in [9.17, 15) is 9.18 Å². The lowest BCUT2D eigenvalue weighted by atomic mass is 10.1. The molecule has 1 amide bonds. The van der Waals surface area contributed by atoms with Gasteiger partial charge in [0.2, 0.25) is 0 Å². The van der Waals surface area contributed by atoms with E-state index in [0.29, 0.717) is 34.6 Å². The molecule has 0 saturated carbocycles. The van der Waals surface area contributed by atoms with Gasteiger partial charge in [0.1, 0.15) is 5.82 Å². The molecule has 0 aliphatic rings. The summed E-state index contributed by atoms with van der Waals surface area (Å²) < 4.78 is 14.7. The van der Waals surface area contributed by atoms with E-state index in [1.54, 1.807) is 31.1 Å². The molecule has 0 bridgehead atoms. The van der Waals surface area contributed by atoms with Gasteiger partial charge >= 0.3 is 0 Å². The zero-order chi connectivity index (χ0) is 20.5. The van der Waals surface area contributed by atoms with Crippen molar-refractivity contribution >= 4 is 51.8 Å². The fraction of sp³-hybridized carbons (Fsp3) is 0.333. The highest BCUT2D eigenvalue weighted by atomic mass is 127. The van der Waals surface area contributed by atoms with Gasteiger partial charge < -0.3 is 15.5 Å². The van der Waals surface area contributed by atoms with Crippen LogP contribution in [0.3, 0.4) is 0 Å². The number of halogens is 3. The average molecular weight is 577 g/mol. The van der Waals surface area contributed by atoms with Gasteiger partial charge in [-0.25, -0.2) is 9.38 Å². The Labute approximate surface area is 197 Å². The van der Waals surface area contributed by atoms with E-state index in [2.05, 4.69) is 31.6 Å². The maximum atomic E-state index is 13.9. The number of nitrogens with zero attached hydrogens (tertiary/aromatic N) is 2. The summed E-state index contributed by atoms with van der Waals surface area (Å²) in [6.45, 7) is 3.59. The molecule has 158 valence electrons. The molecule has 0 radical (unpaired) electrons. The van der Waals surface area contributed by atoms with Gasteiger partial charge in [-0.15, -0.1) is 24.0 Å². The third kappa shape index (κ3) is 8.30. The second kappa shape index (κ2) is 12.8. The summed E-state index contributed by atoms with van der Waals surface area (Å²) in [6.07, 6.45) is 0.742. The molecule has 29 heavy (non-hydrogen) atoms. The number of rotatable bonds is 7. The Hall–Kier alpha value is -1.68. The van der Waals surface area contributed by atoms with Gasteiger partial charge in [-0.3, -0.25) is 4.79 Å². The Bertz CT molecular complexity index is 845. The number of benzene rings is 2. The molecule has 0 fully saturated rings. The SMILES string of the molecule is CCNC(=NCc1ccc(Br)cc1F)NCCc1cccc(C(=O)N(C)C)c1.I. The number of carbonyl (C=O) groups is 1. The molecule has 8 heteroatoms. The highest BCUT2D eigenvalue weighted by Gasteiger charge is 2.08. The fourth-order valence-corrected chi connectivity index (χ4v) is 2.93. The molecule has 0 unspecified atom stereocenters. The predicted octanol–water partition coefficient (Wildman–Crippen LogP) is 4.21. The molecule has 0 atom stereocenters. The maximum Gasteiger partial charge on any atom is 0.253 e. The molecular weight excluding hydrogens is 550 g/mol. The third-order valence-electron chi connectivity index (χ3n) is 4.05. The smallest absolute Gasteiger partial charge is 0.253 e. The van der Waals surface area contributed by atoms with Crippen LogP contribution >= 0.6 is 39.9 Å². The molecule has 0 aliphatic heterocycles. The highest BCUT2D eigenvalue weighted by Crippen LogP contribution is 2.15. The minimum atomic E-state index is -0.281. The van der Waals surface area contributed by atoms with Crippen LogP contribution in [0.25, 0.3) is 0 Å². The molecule has 0 saturated heterocycles. The minimum Gasteiger partial charge on any atom is -0.357 e. The lowest BCUT2D eigenvalue weighted by Crippen LogP contribution is -2.38. The van der Waals surface area contributed by atoms with E-state index in [0.717, 1.165) is 12.0 Å². The van der Waals surface area contributed by atoms with Crippen LogP contribution in [0.2, 0.25) is 0 Å². The van der Waals surface area contributed by atoms with Crippen molar-refractivity contribution < 1.29 is 9.18 Å². The number of hydrogen-bond acceptors (Lipinski definition) is 2. The van der Waals surface area contributed by atoms with Crippen LogP contribution in [0.1, 0.15) is 28.4 Å². The van der Waals surface area contributed by atoms with Crippen molar-refractivity contribution in [2.24, 2.45) is 4.99 Å². The summed E-state index contributed by atoms with van der Waals surface area (Å²) in [6, 6.07) is 12.6. The summed E-state index contributed by atoms with van der Waals surface area (Å²) in [5.74, 6) is 0.336. The second-order valence-corrected chi connectivity index (χ2v) is 7.42. The third-order valence-corrected chi connectivity index (χ3v) is 4.55. The summed E-state index contributed by atoms with van der Waals surface area (Å²) in [4.78, 5) is 18.1. The highest BCUT2D eigenvalue weighted by molar-refractivity contribution is 14.0. The molecule has 2 aromatic carbocycles. The molecule has 2 N–H and O–H groups in total. The molecular formula is C21H27BrFIN4O. The van der Waals surface area contributed by atoms with Crippen LogP contribution in [-0.4, -0.2) is 44.0 Å². The van der Waals surface area contributed by atoms with Crippen molar-refractivity contribution in [1.82, 2.24) is 15.5 Å². The van der Waals surface area contributed by atoms with Gasteiger partial charge in [-0.1, -0.05) is 34.1 Å². The summed E-state index contributed by atoms with van der Waals surface area (Å²) in [5.41, 5.74) is 2.28. The monoisotopic (exact) mass is 576 g/mol. The molecule has 0 spiro atoms. The standard InChI is InChI=1S/C21H26BrFN4O.HI/c1-4-24-21(26-14-17-8-9-18(22)13-19(17)23)25-11-10-15-6-5-7-16(12-15)20(28)27(2)3;/h5-9,12-13H,4,10-11,14H2,1-3H3,(H2,24,25,26);1H.